The number of likely N-dealkylation sites (N-methyl/N-ethyl adjacent to an activating group) is 1. The van der Waals surface area contributed by atoms with Crippen molar-refractivity contribution in [3.8, 4) is 0 Å². The lowest BCUT2D eigenvalue weighted by Gasteiger charge is -2.22. The molecule has 0 bridgehead atoms. The van der Waals surface area contributed by atoms with Gasteiger partial charge in [0.25, 0.3) is 0 Å². The van der Waals surface area contributed by atoms with Crippen molar-refractivity contribution in [1.82, 2.24) is 10.2 Å². The minimum Gasteiger partial charge on any atom is -0.358 e. The highest BCUT2D eigenvalue weighted by atomic mass is 16.2. The van der Waals surface area contributed by atoms with Gasteiger partial charge < -0.3 is 11.1 Å². The molecule has 1 atom stereocenters. The molecule has 1 rings (SSSR count). The van der Waals surface area contributed by atoms with E-state index in [1.807, 2.05) is 0 Å². The van der Waals surface area contributed by atoms with Crippen molar-refractivity contribution in [2.75, 3.05) is 26.7 Å². The van der Waals surface area contributed by atoms with Gasteiger partial charge in [0.15, 0.2) is 0 Å². The molecule has 3 N–H and O–H groups in total. The van der Waals surface area contributed by atoms with Gasteiger partial charge >= 0.3 is 0 Å². The van der Waals surface area contributed by atoms with Crippen molar-refractivity contribution in [3.63, 3.8) is 0 Å². The average Bonchev–Trinajstić information content (AvgIpc) is 2.61. The SMILES string of the molecule is CNC(=O)C1CCCN1CCCN. The second-order valence-electron chi connectivity index (χ2n) is 3.45. The van der Waals surface area contributed by atoms with Crippen LogP contribution in [0, 0.1) is 0 Å². The fourth-order valence-electron chi connectivity index (χ4n) is 1.85. The maximum Gasteiger partial charge on any atom is 0.237 e. The molecule has 1 unspecified atom stereocenters. The Balaban J connectivity index is 2.39. The molecule has 1 aliphatic rings. The van der Waals surface area contributed by atoms with Crippen LogP contribution in [-0.2, 0) is 4.79 Å². The van der Waals surface area contributed by atoms with Crippen molar-refractivity contribution >= 4 is 5.91 Å². The lowest BCUT2D eigenvalue weighted by molar-refractivity contribution is -0.124. The molecule has 1 fully saturated rings. The van der Waals surface area contributed by atoms with E-state index in [0.717, 1.165) is 32.4 Å². The van der Waals surface area contributed by atoms with Crippen LogP contribution in [0.25, 0.3) is 0 Å². The van der Waals surface area contributed by atoms with Crippen LogP contribution in [0.5, 0.6) is 0 Å². The highest BCUT2D eigenvalue weighted by molar-refractivity contribution is 5.81. The number of amides is 1. The summed E-state index contributed by atoms with van der Waals surface area (Å²) in [6, 6.07) is 0.0940. The monoisotopic (exact) mass is 185 g/mol. The summed E-state index contributed by atoms with van der Waals surface area (Å²) in [5.74, 6) is 0.148. The highest BCUT2D eigenvalue weighted by Crippen LogP contribution is 2.16. The van der Waals surface area contributed by atoms with Gasteiger partial charge in [-0.05, 0) is 32.4 Å². The van der Waals surface area contributed by atoms with E-state index in [2.05, 4.69) is 10.2 Å². The molecule has 0 aromatic carbocycles. The zero-order valence-electron chi connectivity index (χ0n) is 8.25. The van der Waals surface area contributed by atoms with E-state index >= 15 is 0 Å². The Kier molecular flexibility index (Phi) is 4.18. The van der Waals surface area contributed by atoms with E-state index in [9.17, 15) is 4.79 Å². The first kappa shape index (κ1) is 10.5. The second kappa shape index (κ2) is 5.19. The molecule has 0 saturated carbocycles. The first-order chi connectivity index (χ1) is 6.29. The first-order valence-corrected chi connectivity index (χ1v) is 4.95. The standard InChI is InChI=1S/C9H19N3O/c1-11-9(13)8-4-2-6-12(8)7-3-5-10/h8H,2-7,10H2,1H3,(H,11,13). The first-order valence-electron chi connectivity index (χ1n) is 4.95. The van der Waals surface area contributed by atoms with Crippen LogP contribution in [0.3, 0.4) is 0 Å². The third-order valence-corrected chi connectivity index (χ3v) is 2.56. The van der Waals surface area contributed by atoms with Crippen LogP contribution in [0.1, 0.15) is 19.3 Å². The molecular weight excluding hydrogens is 166 g/mol. The summed E-state index contributed by atoms with van der Waals surface area (Å²) in [5, 5.41) is 2.70. The van der Waals surface area contributed by atoms with Crippen LogP contribution in [-0.4, -0.2) is 43.5 Å². The summed E-state index contributed by atoms with van der Waals surface area (Å²) in [4.78, 5) is 13.6. The lowest BCUT2D eigenvalue weighted by Crippen LogP contribution is -2.42. The van der Waals surface area contributed by atoms with E-state index in [0.29, 0.717) is 6.54 Å². The van der Waals surface area contributed by atoms with Crippen molar-refractivity contribution in [2.24, 2.45) is 5.73 Å². The van der Waals surface area contributed by atoms with E-state index in [-0.39, 0.29) is 11.9 Å². The van der Waals surface area contributed by atoms with Gasteiger partial charge in [0.1, 0.15) is 0 Å². The quantitative estimate of drug-likeness (QED) is 0.623. The second-order valence-corrected chi connectivity index (χ2v) is 3.45. The highest BCUT2D eigenvalue weighted by Gasteiger charge is 2.28. The Hall–Kier alpha value is -0.610. The van der Waals surface area contributed by atoms with E-state index in [4.69, 9.17) is 5.73 Å². The number of nitrogens with two attached hydrogens (primary N) is 1. The van der Waals surface area contributed by atoms with Gasteiger partial charge in [0.2, 0.25) is 5.91 Å². The normalized spacial score (nSPS) is 23.4. The molecule has 76 valence electrons. The van der Waals surface area contributed by atoms with E-state index in [1.54, 1.807) is 7.05 Å². The third kappa shape index (κ3) is 2.67. The minimum atomic E-state index is 0.0940. The summed E-state index contributed by atoms with van der Waals surface area (Å²) >= 11 is 0. The number of nitrogens with zero attached hydrogens (tertiary/aromatic N) is 1. The number of nitrogens with one attached hydrogen (secondary N) is 1. The Labute approximate surface area is 79.5 Å². The topological polar surface area (TPSA) is 58.4 Å². The largest absolute Gasteiger partial charge is 0.358 e. The molecule has 0 radical (unpaired) electrons. The number of hydrogen-bond donors (Lipinski definition) is 2. The maximum absolute atomic E-state index is 11.4. The number of carbonyl (C=O) groups is 1. The van der Waals surface area contributed by atoms with Crippen LogP contribution >= 0.6 is 0 Å². The van der Waals surface area contributed by atoms with Crippen LogP contribution in [0.15, 0.2) is 0 Å². The predicted octanol–water partition coefficient (Wildman–Crippen LogP) is -0.454. The molecule has 0 aromatic rings. The van der Waals surface area contributed by atoms with Gasteiger partial charge in [-0.25, -0.2) is 0 Å². The van der Waals surface area contributed by atoms with Crippen LogP contribution in [0.2, 0.25) is 0 Å². The fourth-order valence-corrected chi connectivity index (χ4v) is 1.85. The summed E-state index contributed by atoms with van der Waals surface area (Å²) in [5.41, 5.74) is 5.43. The Bertz CT molecular complexity index is 172. The van der Waals surface area contributed by atoms with Gasteiger partial charge in [-0.2, -0.15) is 0 Å². The van der Waals surface area contributed by atoms with E-state index in [1.165, 1.54) is 0 Å². The van der Waals surface area contributed by atoms with Gasteiger partial charge in [0, 0.05) is 13.6 Å². The van der Waals surface area contributed by atoms with Crippen LogP contribution in [0.4, 0.5) is 0 Å². The molecule has 1 heterocycles. The molecule has 0 aliphatic carbocycles. The number of carbonyl (C=O) groups excluding carboxylic acids is 1. The number of rotatable bonds is 4. The molecule has 13 heavy (non-hydrogen) atoms. The fraction of sp³-hybridized carbons (Fsp3) is 0.889. The Morgan fingerprint density at radius 1 is 1.69 bits per heavy atom. The molecule has 4 heteroatoms. The van der Waals surface area contributed by atoms with Gasteiger partial charge in [0.05, 0.1) is 6.04 Å². The summed E-state index contributed by atoms with van der Waals surface area (Å²) in [6.45, 7) is 2.70. The molecule has 0 spiro atoms. The minimum absolute atomic E-state index is 0.0940. The van der Waals surface area contributed by atoms with Crippen molar-refractivity contribution in [2.45, 2.75) is 25.3 Å². The third-order valence-electron chi connectivity index (χ3n) is 2.56. The molecular formula is C9H19N3O. The van der Waals surface area contributed by atoms with Crippen molar-refractivity contribution in [3.05, 3.63) is 0 Å². The smallest absolute Gasteiger partial charge is 0.237 e. The summed E-state index contributed by atoms with van der Waals surface area (Å²) in [6.07, 6.45) is 3.10. The summed E-state index contributed by atoms with van der Waals surface area (Å²) in [7, 11) is 1.70. The average molecular weight is 185 g/mol. The molecule has 0 aromatic heterocycles. The zero-order valence-corrected chi connectivity index (χ0v) is 8.25. The number of likely N-dealkylation sites (tertiary alicyclic amines) is 1. The molecule has 1 saturated heterocycles. The molecule has 1 aliphatic heterocycles. The van der Waals surface area contributed by atoms with Gasteiger partial charge in [-0.15, -0.1) is 0 Å². The summed E-state index contributed by atoms with van der Waals surface area (Å²) < 4.78 is 0. The van der Waals surface area contributed by atoms with Crippen molar-refractivity contribution < 1.29 is 4.79 Å². The predicted molar refractivity (Wildman–Crippen MR) is 52.3 cm³/mol. The molecule has 1 amide bonds. The Morgan fingerprint density at radius 3 is 3.08 bits per heavy atom. The van der Waals surface area contributed by atoms with Gasteiger partial charge in [-0.3, -0.25) is 9.69 Å². The maximum atomic E-state index is 11.4. The van der Waals surface area contributed by atoms with Crippen molar-refractivity contribution in [1.29, 1.82) is 0 Å². The molecule has 4 nitrogen and oxygen atoms in total. The lowest BCUT2D eigenvalue weighted by atomic mass is 10.2. The zero-order chi connectivity index (χ0) is 9.68. The Morgan fingerprint density at radius 2 is 2.46 bits per heavy atom. The van der Waals surface area contributed by atoms with Gasteiger partial charge in [-0.1, -0.05) is 0 Å². The van der Waals surface area contributed by atoms with E-state index < -0.39 is 0 Å². The van der Waals surface area contributed by atoms with Crippen LogP contribution < -0.4 is 11.1 Å². The number of hydrogen-bond acceptors (Lipinski definition) is 3.